The van der Waals surface area contributed by atoms with Crippen molar-refractivity contribution in [2.45, 2.75) is 12.5 Å². The van der Waals surface area contributed by atoms with Crippen LogP contribution in [0.5, 0.6) is 11.5 Å². The lowest BCUT2D eigenvalue weighted by atomic mass is 10.1. The summed E-state index contributed by atoms with van der Waals surface area (Å²) in [5.74, 6) is -0.0124. The molecular weight excluding hydrogens is 292 g/mol. The van der Waals surface area contributed by atoms with Crippen LogP contribution in [0.25, 0.3) is 0 Å². The Bertz CT molecular complexity index is 627. The van der Waals surface area contributed by atoms with Gasteiger partial charge in [0.1, 0.15) is 11.5 Å². The molecule has 0 radical (unpaired) electrons. The highest BCUT2D eigenvalue weighted by molar-refractivity contribution is 6.32. The van der Waals surface area contributed by atoms with Gasteiger partial charge in [0.2, 0.25) is 0 Å². The zero-order valence-corrected chi connectivity index (χ0v) is 12.2. The molecule has 0 bridgehead atoms. The number of hydrogen-bond acceptors (Lipinski definition) is 3. The van der Waals surface area contributed by atoms with Crippen LogP contribution in [0.2, 0.25) is 5.02 Å². The van der Waals surface area contributed by atoms with Crippen LogP contribution in [0.3, 0.4) is 0 Å². The molecular formula is C16H15ClO4. The van der Waals surface area contributed by atoms with Crippen LogP contribution in [0.15, 0.2) is 48.5 Å². The first-order valence-corrected chi connectivity index (χ1v) is 6.75. The summed E-state index contributed by atoms with van der Waals surface area (Å²) in [6.45, 7) is 0. The molecule has 21 heavy (non-hydrogen) atoms. The second-order valence-corrected chi connectivity index (χ2v) is 4.84. The van der Waals surface area contributed by atoms with E-state index in [1.807, 2.05) is 12.1 Å². The molecule has 110 valence electrons. The molecule has 0 saturated carbocycles. The molecule has 0 unspecified atom stereocenters. The maximum absolute atomic E-state index is 11.4. The number of para-hydroxylation sites is 1. The Kier molecular flexibility index (Phi) is 5.06. The van der Waals surface area contributed by atoms with E-state index in [0.717, 1.165) is 5.56 Å². The molecule has 0 aliphatic heterocycles. The SMILES string of the molecule is COc1cccc(C[C@@H](Oc2ccccc2Cl)C(=O)O)c1. The largest absolute Gasteiger partial charge is 0.497 e. The van der Waals surface area contributed by atoms with Gasteiger partial charge in [-0.15, -0.1) is 0 Å². The van der Waals surface area contributed by atoms with Gasteiger partial charge < -0.3 is 14.6 Å². The fourth-order valence-corrected chi connectivity index (χ4v) is 2.07. The number of rotatable bonds is 6. The molecule has 0 spiro atoms. The number of benzene rings is 2. The molecule has 2 aromatic carbocycles. The summed E-state index contributed by atoms with van der Waals surface area (Å²) in [6.07, 6.45) is -0.797. The number of halogens is 1. The standard InChI is InChI=1S/C16H15ClO4/c1-20-12-6-4-5-11(9-12)10-15(16(18)19)21-14-8-3-2-7-13(14)17/h2-9,15H,10H2,1H3,(H,18,19)/t15-/m1/s1. The molecule has 1 N–H and O–H groups in total. The van der Waals surface area contributed by atoms with Crippen LogP contribution in [0.1, 0.15) is 5.56 Å². The van der Waals surface area contributed by atoms with Crippen molar-refractivity contribution in [3.63, 3.8) is 0 Å². The molecule has 4 nitrogen and oxygen atoms in total. The van der Waals surface area contributed by atoms with E-state index in [1.54, 1.807) is 43.5 Å². The van der Waals surface area contributed by atoms with Crippen LogP contribution in [0, 0.1) is 0 Å². The summed E-state index contributed by atoms with van der Waals surface area (Å²) < 4.78 is 10.6. The van der Waals surface area contributed by atoms with Crippen molar-refractivity contribution in [3.8, 4) is 11.5 Å². The van der Waals surface area contributed by atoms with Crippen molar-refractivity contribution in [2.24, 2.45) is 0 Å². The first-order chi connectivity index (χ1) is 10.1. The van der Waals surface area contributed by atoms with Crippen molar-refractivity contribution in [3.05, 3.63) is 59.1 Å². The van der Waals surface area contributed by atoms with E-state index in [0.29, 0.717) is 16.5 Å². The molecule has 1 atom stereocenters. The first-order valence-electron chi connectivity index (χ1n) is 6.37. The number of ether oxygens (including phenoxy) is 2. The molecule has 5 heteroatoms. The maximum Gasteiger partial charge on any atom is 0.345 e. The van der Waals surface area contributed by atoms with Gasteiger partial charge in [-0.2, -0.15) is 0 Å². The molecule has 0 amide bonds. The smallest absolute Gasteiger partial charge is 0.345 e. The first kappa shape index (κ1) is 15.2. The molecule has 0 aliphatic carbocycles. The number of carboxylic acids is 1. The van der Waals surface area contributed by atoms with Crippen molar-refractivity contribution < 1.29 is 19.4 Å². The zero-order valence-electron chi connectivity index (χ0n) is 11.5. The topological polar surface area (TPSA) is 55.8 Å². The summed E-state index contributed by atoms with van der Waals surface area (Å²) in [4.78, 5) is 11.4. The molecule has 0 fully saturated rings. The van der Waals surface area contributed by atoms with E-state index < -0.39 is 12.1 Å². The van der Waals surface area contributed by atoms with Crippen LogP contribution >= 0.6 is 11.6 Å². The lowest BCUT2D eigenvalue weighted by Gasteiger charge is -2.16. The van der Waals surface area contributed by atoms with Crippen molar-refractivity contribution in [1.82, 2.24) is 0 Å². The van der Waals surface area contributed by atoms with E-state index in [4.69, 9.17) is 21.1 Å². The highest BCUT2D eigenvalue weighted by atomic mass is 35.5. The molecule has 0 saturated heterocycles. The van der Waals surface area contributed by atoms with Gasteiger partial charge in [0.25, 0.3) is 0 Å². The fraction of sp³-hybridized carbons (Fsp3) is 0.188. The van der Waals surface area contributed by atoms with Crippen LogP contribution < -0.4 is 9.47 Å². The van der Waals surface area contributed by atoms with E-state index in [9.17, 15) is 9.90 Å². The minimum Gasteiger partial charge on any atom is -0.497 e. The second-order valence-electron chi connectivity index (χ2n) is 4.43. The third kappa shape index (κ3) is 4.13. The summed E-state index contributed by atoms with van der Waals surface area (Å²) in [6, 6.07) is 14.0. The quantitative estimate of drug-likeness (QED) is 0.888. The average molecular weight is 307 g/mol. The van der Waals surface area contributed by atoms with Crippen LogP contribution in [0.4, 0.5) is 0 Å². The van der Waals surface area contributed by atoms with E-state index >= 15 is 0 Å². The Morgan fingerprint density at radius 2 is 2.00 bits per heavy atom. The molecule has 2 aromatic rings. The van der Waals surface area contributed by atoms with Gasteiger partial charge in [0.05, 0.1) is 12.1 Å². The molecule has 0 heterocycles. The average Bonchev–Trinajstić information content (AvgIpc) is 2.49. The Hall–Kier alpha value is -2.20. The Labute approximate surface area is 127 Å². The minimum atomic E-state index is -1.04. The highest BCUT2D eigenvalue weighted by Crippen LogP contribution is 2.25. The number of carboxylic acid groups (broad SMARTS) is 1. The predicted molar refractivity (Wildman–Crippen MR) is 80.2 cm³/mol. The summed E-state index contributed by atoms with van der Waals surface area (Å²) >= 11 is 5.99. The Morgan fingerprint density at radius 1 is 1.24 bits per heavy atom. The normalized spacial score (nSPS) is 11.7. The van der Waals surface area contributed by atoms with E-state index in [2.05, 4.69) is 0 Å². The van der Waals surface area contributed by atoms with E-state index in [1.165, 1.54) is 0 Å². The third-order valence-corrected chi connectivity index (χ3v) is 3.25. The van der Waals surface area contributed by atoms with Crippen molar-refractivity contribution in [2.75, 3.05) is 7.11 Å². The van der Waals surface area contributed by atoms with Gasteiger partial charge in [0.15, 0.2) is 6.10 Å². The Balaban J connectivity index is 2.16. The van der Waals surface area contributed by atoms with Gasteiger partial charge in [0, 0.05) is 6.42 Å². The molecule has 0 aromatic heterocycles. The summed E-state index contributed by atoms with van der Waals surface area (Å²) in [7, 11) is 1.56. The predicted octanol–water partition coefficient (Wildman–Crippen LogP) is 3.42. The number of carbonyl (C=O) groups is 1. The number of aliphatic carboxylic acids is 1. The lowest BCUT2D eigenvalue weighted by molar-refractivity contribution is -0.145. The van der Waals surface area contributed by atoms with Crippen LogP contribution in [-0.2, 0) is 11.2 Å². The van der Waals surface area contributed by atoms with Gasteiger partial charge in [-0.3, -0.25) is 0 Å². The molecule has 0 aliphatic rings. The van der Waals surface area contributed by atoms with Gasteiger partial charge in [-0.25, -0.2) is 4.79 Å². The number of methoxy groups -OCH3 is 1. The summed E-state index contributed by atoms with van der Waals surface area (Å²) in [5, 5.41) is 9.70. The van der Waals surface area contributed by atoms with Crippen LogP contribution in [-0.4, -0.2) is 24.3 Å². The van der Waals surface area contributed by atoms with Crippen molar-refractivity contribution in [1.29, 1.82) is 0 Å². The fourth-order valence-electron chi connectivity index (χ4n) is 1.89. The van der Waals surface area contributed by atoms with Crippen molar-refractivity contribution >= 4 is 17.6 Å². The van der Waals surface area contributed by atoms with Gasteiger partial charge in [-0.05, 0) is 29.8 Å². The summed E-state index contributed by atoms with van der Waals surface area (Å²) in [5.41, 5.74) is 0.814. The molecule has 2 rings (SSSR count). The lowest BCUT2D eigenvalue weighted by Crippen LogP contribution is -2.29. The Morgan fingerprint density at radius 3 is 2.67 bits per heavy atom. The number of hydrogen-bond donors (Lipinski definition) is 1. The minimum absolute atomic E-state index is 0.220. The van der Waals surface area contributed by atoms with E-state index in [-0.39, 0.29) is 6.42 Å². The zero-order chi connectivity index (χ0) is 15.2. The highest BCUT2D eigenvalue weighted by Gasteiger charge is 2.21. The second kappa shape index (κ2) is 6.99. The third-order valence-electron chi connectivity index (χ3n) is 2.94. The maximum atomic E-state index is 11.4. The monoisotopic (exact) mass is 306 g/mol. The van der Waals surface area contributed by atoms with Gasteiger partial charge in [-0.1, -0.05) is 35.9 Å². The van der Waals surface area contributed by atoms with Gasteiger partial charge >= 0.3 is 5.97 Å².